The maximum absolute atomic E-state index is 6.16. The van der Waals surface area contributed by atoms with E-state index in [1.807, 2.05) is 0 Å². The van der Waals surface area contributed by atoms with E-state index in [4.69, 9.17) is 5.73 Å². The monoisotopic (exact) mass is 396 g/mol. The fourth-order valence-corrected chi connectivity index (χ4v) is 4.03. The molecule has 0 aromatic heterocycles. The molecule has 0 spiro atoms. The van der Waals surface area contributed by atoms with Crippen LogP contribution in [0.15, 0.2) is 0 Å². The molecule has 28 heavy (non-hydrogen) atoms. The van der Waals surface area contributed by atoms with Gasteiger partial charge >= 0.3 is 0 Å². The fourth-order valence-electron chi connectivity index (χ4n) is 4.03. The Balaban J connectivity index is 3.09. The molecule has 0 bridgehead atoms. The Morgan fingerprint density at radius 1 is 0.464 bits per heavy atom. The molecule has 0 aliphatic carbocycles. The Labute approximate surface area is 179 Å². The van der Waals surface area contributed by atoms with Gasteiger partial charge in [0, 0.05) is 0 Å². The van der Waals surface area contributed by atoms with Gasteiger partial charge in [-0.15, -0.1) is 0 Å². The summed E-state index contributed by atoms with van der Waals surface area (Å²) < 4.78 is 0. The Bertz CT molecular complexity index is 267. The molecule has 0 aromatic carbocycles. The lowest BCUT2D eigenvalue weighted by Crippen LogP contribution is -2.37. The van der Waals surface area contributed by atoms with E-state index in [1.165, 1.54) is 135 Å². The van der Waals surface area contributed by atoms with Gasteiger partial charge < -0.3 is 11.1 Å². The summed E-state index contributed by atoms with van der Waals surface area (Å²) in [6, 6.07) is 0. The van der Waals surface area contributed by atoms with Crippen LogP contribution in [0.2, 0.25) is 0 Å². The van der Waals surface area contributed by atoms with Crippen molar-refractivity contribution in [2.24, 2.45) is 5.73 Å². The van der Waals surface area contributed by atoms with Crippen LogP contribution in [-0.4, -0.2) is 12.7 Å². The summed E-state index contributed by atoms with van der Waals surface area (Å²) in [6.07, 6.45) is 31.0. The first-order valence-corrected chi connectivity index (χ1v) is 13.3. The van der Waals surface area contributed by atoms with E-state index in [9.17, 15) is 0 Å². The molecule has 3 N–H and O–H groups in total. The second-order valence-electron chi connectivity index (χ2n) is 9.07. The molecule has 1 atom stereocenters. The lowest BCUT2D eigenvalue weighted by molar-refractivity contribution is 0.451. The lowest BCUT2D eigenvalue weighted by Gasteiger charge is -2.13. The second kappa shape index (κ2) is 25.0. The van der Waals surface area contributed by atoms with E-state index < -0.39 is 0 Å². The summed E-state index contributed by atoms with van der Waals surface area (Å²) in [6.45, 7) is 5.68. The van der Waals surface area contributed by atoms with Crippen molar-refractivity contribution >= 4 is 0 Å². The van der Waals surface area contributed by atoms with Crippen LogP contribution in [0.25, 0.3) is 0 Å². The zero-order chi connectivity index (χ0) is 20.5. The molecule has 0 saturated carbocycles. The van der Waals surface area contributed by atoms with Crippen LogP contribution in [0, 0.1) is 0 Å². The number of nitrogens with two attached hydrogens (primary N) is 1. The number of hydrogen-bond acceptors (Lipinski definition) is 2. The van der Waals surface area contributed by atoms with Crippen LogP contribution in [0.5, 0.6) is 0 Å². The van der Waals surface area contributed by atoms with Gasteiger partial charge in [0.1, 0.15) is 0 Å². The molecule has 0 aromatic rings. The highest BCUT2D eigenvalue weighted by Crippen LogP contribution is 2.13. The maximum Gasteiger partial charge on any atom is 0.0546 e. The third kappa shape index (κ3) is 24.0. The number of hydrogen-bond donors (Lipinski definition) is 2. The van der Waals surface area contributed by atoms with Gasteiger partial charge in [-0.3, -0.25) is 0 Å². The third-order valence-corrected chi connectivity index (χ3v) is 6.06. The average molecular weight is 397 g/mol. The zero-order valence-corrected chi connectivity index (χ0v) is 19.9. The van der Waals surface area contributed by atoms with Gasteiger partial charge in [-0.25, -0.2) is 0 Å². The first-order valence-electron chi connectivity index (χ1n) is 13.3. The molecule has 0 fully saturated rings. The zero-order valence-electron chi connectivity index (χ0n) is 19.9. The third-order valence-electron chi connectivity index (χ3n) is 6.06. The molecular weight excluding hydrogens is 340 g/mol. The van der Waals surface area contributed by atoms with Gasteiger partial charge in [0.15, 0.2) is 0 Å². The van der Waals surface area contributed by atoms with Crippen LogP contribution in [0.4, 0.5) is 0 Å². The number of unbranched alkanes of at least 4 members (excludes halogenated alkanes) is 19. The van der Waals surface area contributed by atoms with Gasteiger partial charge in [-0.2, -0.15) is 0 Å². The molecule has 0 rings (SSSR count). The van der Waals surface area contributed by atoms with E-state index >= 15 is 0 Å². The van der Waals surface area contributed by atoms with Crippen molar-refractivity contribution in [2.45, 2.75) is 161 Å². The van der Waals surface area contributed by atoms with Crippen LogP contribution in [0.1, 0.15) is 155 Å². The van der Waals surface area contributed by atoms with E-state index in [1.54, 1.807) is 0 Å². The molecule has 170 valence electrons. The Morgan fingerprint density at radius 3 is 1.18 bits per heavy atom. The molecule has 0 aliphatic heterocycles. The van der Waals surface area contributed by atoms with Crippen molar-refractivity contribution in [1.29, 1.82) is 0 Å². The van der Waals surface area contributed by atoms with E-state index in [0.29, 0.717) is 0 Å². The van der Waals surface area contributed by atoms with Crippen molar-refractivity contribution in [3.8, 4) is 0 Å². The molecule has 0 amide bonds. The molecule has 2 heteroatoms. The maximum atomic E-state index is 6.16. The smallest absolute Gasteiger partial charge is 0.0546 e. The molecular formula is C26H56N2. The molecule has 1 unspecified atom stereocenters. The van der Waals surface area contributed by atoms with Gasteiger partial charge in [0.25, 0.3) is 0 Å². The van der Waals surface area contributed by atoms with Crippen molar-refractivity contribution < 1.29 is 0 Å². The van der Waals surface area contributed by atoms with E-state index in [2.05, 4.69) is 19.2 Å². The second-order valence-corrected chi connectivity index (χ2v) is 9.07. The summed E-state index contributed by atoms with van der Waals surface area (Å²) >= 11 is 0. The van der Waals surface area contributed by atoms with Crippen molar-refractivity contribution in [1.82, 2.24) is 5.32 Å². The molecule has 2 nitrogen and oxygen atoms in total. The van der Waals surface area contributed by atoms with Crippen LogP contribution < -0.4 is 11.1 Å². The summed E-state index contributed by atoms with van der Waals surface area (Å²) in [5.74, 6) is 0. The number of nitrogens with one attached hydrogen (secondary N) is 1. The predicted octanol–water partition coefficient (Wildman–Crippen LogP) is 8.48. The van der Waals surface area contributed by atoms with Gasteiger partial charge in [0.05, 0.1) is 6.17 Å². The highest BCUT2D eigenvalue weighted by Gasteiger charge is 2.01. The van der Waals surface area contributed by atoms with Crippen molar-refractivity contribution in [3.05, 3.63) is 0 Å². The van der Waals surface area contributed by atoms with Gasteiger partial charge in [0.2, 0.25) is 0 Å². The average Bonchev–Trinajstić information content (AvgIpc) is 2.70. The Hall–Kier alpha value is -0.0800. The first kappa shape index (κ1) is 27.9. The lowest BCUT2D eigenvalue weighted by atomic mass is 10.0. The minimum absolute atomic E-state index is 0.220. The summed E-state index contributed by atoms with van der Waals surface area (Å²) in [7, 11) is 0. The fraction of sp³-hybridized carbons (Fsp3) is 1.00. The van der Waals surface area contributed by atoms with E-state index in [0.717, 1.165) is 13.0 Å². The highest BCUT2D eigenvalue weighted by atomic mass is 15.0. The molecule has 0 saturated heterocycles. The van der Waals surface area contributed by atoms with Crippen LogP contribution in [-0.2, 0) is 0 Å². The predicted molar refractivity (Wildman–Crippen MR) is 129 cm³/mol. The SMILES string of the molecule is CCCCCCCCCCCCCCCCCNC(N)CCCCCCCC. The van der Waals surface area contributed by atoms with Crippen LogP contribution >= 0.6 is 0 Å². The minimum atomic E-state index is 0.220. The summed E-state index contributed by atoms with van der Waals surface area (Å²) in [4.78, 5) is 0. The topological polar surface area (TPSA) is 38.0 Å². The number of rotatable bonds is 24. The quantitative estimate of drug-likeness (QED) is 0.127. The van der Waals surface area contributed by atoms with E-state index in [-0.39, 0.29) is 6.17 Å². The standard InChI is InChI=1S/C26H56N2/c1-3-5-7-9-11-12-13-14-15-16-17-18-19-21-23-25-28-26(27)24-22-20-10-8-6-4-2/h26,28H,3-25,27H2,1-2H3. The Morgan fingerprint density at radius 2 is 0.786 bits per heavy atom. The van der Waals surface area contributed by atoms with Crippen molar-refractivity contribution in [2.75, 3.05) is 6.54 Å². The Kier molecular flexibility index (Phi) is 24.9. The highest BCUT2D eigenvalue weighted by molar-refractivity contribution is 4.60. The molecule has 0 aliphatic rings. The molecule has 0 radical (unpaired) electrons. The minimum Gasteiger partial charge on any atom is -0.316 e. The molecule has 0 heterocycles. The largest absolute Gasteiger partial charge is 0.316 e. The summed E-state index contributed by atoms with van der Waals surface area (Å²) in [5.41, 5.74) is 6.16. The normalized spacial score (nSPS) is 12.5. The van der Waals surface area contributed by atoms with Crippen molar-refractivity contribution in [3.63, 3.8) is 0 Å². The van der Waals surface area contributed by atoms with Gasteiger partial charge in [-0.05, 0) is 19.4 Å². The first-order chi connectivity index (χ1) is 13.8. The van der Waals surface area contributed by atoms with Gasteiger partial charge in [-0.1, -0.05) is 142 Å². The van der Waals surface area contributed by atoms with Crippen LogP contribution in [0.3, 0.4) is 0 Å². The summed E-state index contributed by atoms with van der Waals surface area (Å²) in [5, 5.41) is 3.51.